The third-order valence-electron chi connectivity index (χ3n) is 11.2. The predicted octanol–water partition coefficient (Wildman–Crippen LogP) is 5.57. The molecule has 8 atom stereocenters. The Hall–Kier alpha value is -3.19. The number of carbonyl (C=O) groups excluding carboxylic acids is 3. The minimum atomic E-state index is -4.77. The van der Waals surface area contributed by atoms with Crippen LogP contribution in [0.4, 0.5) is 19.1 Å². The Bertz CT molecular complexity index is 1530. The lowest BCUT2D eigenvalue weighted by Gasteiger charge is -2.61. The van der Waals surface area contributed by atoms with E-state index < -0.39 is 63.6 Å². The first-order chi connectivity index (χ1) is 21.0. The third-order valence-corrected chi connectivity index (χ3v) is 12.0. The number of Topliss-reactive ketones (excluding diaryl/α,β-unsaturated/α-hetero) is 1. The summed E-state index contributed by atoms with van der Waals surface area (Å²) in [5.41, 5.74) is 2.17. The molecule has 1 aromatic heterocycles. The number of nitrogens with two attached hydrogens (primary N) is 1. The van der Waals surface area contributed by atoms with Gasteiger partial charge in [0, 0.05) is 23.2 Å². The van der Waals surface area contributed by atoms with Crippen molar-refractivity contribution in [3.8, 4) is 0 Å². The van der Waals surface area contributed by atoms with E-state index in [0.29, 0.717) is 17.5 Å². The molecule has 5 rings (SSSR count). The lowest BCUT2D eigenvalue weighted by atomic mass is 9.44. The first kappa shape index (κ1) is 33.2. The summed E-state index contributed by atoms with van der Waals surface area (Å²) >= 11 is 0.824. The monoisotopic (exact) mass is 648 g/mol. The van der Waals surface area contributed by atoms with Gasteiger partial charge in [0.25, 0.3) is 5.91 Å². The van der Waals surface area contributed by atoms with Crippen LogP contribution < -0.4 is 5.73 Å². The van der Waals surface area contributed by atoms with Gasteiger partial charge >= 0.3 is 12.1 Å². The van der Waals surface area contributed by atoms with Crippen LogP contribution in [-0.4, -0.2) is 55.5 Å². The molecule has 2 bridgehead atoms. The summed E-state index contributed by atoms with van der Waals surface area (Å²) in [5, 5.41) is 15.5. The van der Waals surface area contributed by atoms with Crippen LogP contribution in [-0.2, 0) is 20.5 Å². The fourth-order valence-corrected chi connectivity index (χ4v) is 8.98. The number of aromatic nitrogens is 3. The average Bonchev–Trinajstić information content (AvgIpc) is 3.55. The molecule has 3 fully saturated rings. The average molecular weight is 649 g/mol. The molecule has 13 heteroatoms. The first-order valence-electron chi connectivity index (χ1n) is 15.1. The SMILES string of the molecule is C=C[C@]1(C)C[C@@H](OC(=O)CSc2nc(N)n(C(=O)c3ccccc3C(F)(F)F)n2)[C@]2(C)[C@H](C)CC[C@]3(CCC(=O)[C@H]32)[C@@H](C)[C@@H]1O. The normalized spacial score (nSPS) is 34.8. The number of aliphatic hydroxyl groups is 1. The molecule has 0 saturated heterocycles. The zero-order valence-electron chi connectivity index (χ0n) is 25.8. The summed E-state index contributed by atoms with van der Waals surface area (Å²) < 4.78 is 47.2. The number of anilines is 1. The van der Waals surface area contributed by atoms with E-state index in [1.807, 2.05) is 20.8 Å². The van der Waals surface area contributed by atoms with Gasteiger partial charge in [0.05, 0.1) is 23.0 Å². The molecule has 0 aliphatic heterocycles. The number of ether oxygens (including phenoxy) is 1. The molecule has 244 valence electrons. The van der Waals surface area contributed by atoms with E-state index in [9.17, 15) is 32.7 Å². The number of carbonyl (C=O) groups is 3. The maximum Gasteiger partial charge on any atom is 0.417 e. The summed E-state index contributed by atoms with van der Waals surface area (Å²) in [6.45, 7) is 12.1. The van der Waals surface area contributed by atoms with Gasteiger partial charge in [0.1, 0.15) is 11.9 Å². The van der Waals surface area contributed by atoms with E-state index in [-0.39, 0.29) is 40.9 Å². The van der Waals surface area contributed by atoms with E-state index in [2.05, 4.69) is 23.6 Å². The molecular weight excluding hydrogens is 609 g/mol. The molecule has 9 nitrogen and oxygen atoms in total. The number of esters is 1. The predicted molar refractivity (Wildman–Crippen MR) is 161 cm³/mol. The lowest BCUT2D eigenvalue weighted by molar-refractivity contribution is -0.205. The second kappa shape index (κ2) is 11.6. The highest BCUT2D eigenvalue weighted by Gasteiger charge is 2.68. The Morgan fingerprint density at radius 1 is 1.24 bits per heavy atom. The Labute approximate surface area is 264 Å². The number of nitrogen functional groups attached to an aromatic ring is 1. The van der Waals surface area contributed by atoms with Crippen molar-refractivity contribution in [2.24, 2.45) is 34.0 Å². The number of hydrogen-bond donors (Lipinski definition) is 2. The van der Waals surface area contributed by atoms with Crippen LogP contribution in [0.25, 0.3) is 0 Å². The van der Waals surface area contributed by atoms with Crippen LogP contribution >= 0.6 is 11.8 Å². The summed E-state index contributed by atoms with van der Waals surface area (Å²) in [7, 11) is 0. The van der Waals surface area contributed by atoms with Crippen LogP contribution in [0, 0.1) is 34.0 Å². The van der Waals surface area contributed by atoms with Crippen LogP contribution in [0.3, 0.4) is 0 Å². The van der Waals surface area contributed by atoms with Gasteiger partial charge < -0.3 is 15.6 Å². The van der Waals surface area contributed by atoms with Crippen LogP contribution in [0.2, 0.25) is 0 Å². The highest BCUT2D eigenvalue weighted by atomic mass is 32.2. The number of rotatable bonds is 6. The Morgan fingerprint density at radius 2 is 1.93 bits per heavy atom. The molecule has 3 aliphatic rings. The molecule has 0 unspecified atom stereocenters. The van der Waals surface area contributed by atoms with Gasteiger partial charge in [-0.05, 0) is 55.1 Å². The van der Waals surface area contributed by atoms with Crippen molar-refractivity contribution in [3.63, 3.8) is 0 Å². The highest BCUT2D eigenvalue weighted by Crippen LogP contribution is 2.68. The molecule has 3 saturated carbocycles. The highest BCUT2D eigenvalue weighted by molar-refractivity contribution is 7.99. The van der Waals surface area contributed by atoms with E-state index in [4.69, 9.17) is 10.5 Å². The number of halogens is 3. The Morgan fingerprint density at radius 3 is 2.60 bits per heavy atom. The van der Waals surface area contributed by atoms with E-state index >= 15 is 0 Å². The van der Waals surface area contributed by atoms with Crippen molar-refractivity contribution in [3.05, 3.63) is 48.0 Å². The number of nitrogens with zero attached hydrogens (tertiary/aromatic N) is 3. The fourth-order valence-electron chi connectivity index (χ4n) is 8.36. The molecule has 45 heavy (non-hydrogen) atoms. The zero-order chi connectivity index (χ0) is 33.1. The minimum absolute atomic E-state index is 0.0578. The second-order valence-corrected chi connectivity index (χ2v) is 14.3. The molecule has 2 aromatic rings. The van der Waals surface area contributed by atoms with E-state index in [1.165, 1.54) is 12.1 Å². The Balaban J connectivity index is 1.38. The summed E-state index contributed by atoms with van der Waals surface area (Å²) in [4.78, 5) is 43.9. The number of benzene rings is 1. The van der Waals surface area contributed by atoms with Gasteiger partial charge in [-0.25, -0.2) is 0 Å². The molecule has 1 aromatic carbocycles. The third kappa shape index (κ3) is 5.39. The number of hydrogen-bond acceptors (Lipinski definition) is 9. The number of aliphatic hydroxyl groups excluding tert-OH is 1. The largest absolute Gasteiger partial charge is 0.461 e. The van der Waals surface area contributed by atoms with E-state index in [1.54, 1.807) is 6.08 Å². The van der Waals surface area contributed by atoms with Crippen LogP contribution in [0.15, 0.2) is 42.1 Å². The maximum atomic E-state index is 13.6. The van der Waals surface area contributed by atoms with Gasteiger partial charge in [-0.15, -0.1) is 11.7 Å². The van der Waals surface area contributed by atoms with Crippen molar-refractivity contribution >= 4 is 35.4 Å². The fraction of sp³-hybridized carbons (Fsp3) is 0.594. The standard InChI is InChI=1S/C32H39F3N4O5S/c1-6-29(4)15-22(30(5)17(2)11-13-31(18(3)25(29)42)14-12-21(40)24(30)31)44-23(41)16-45-28-37-27(36)39(38-28)26(43)19-9-7-8-10-20(19)32(33,34)35/h6-10,17-18,22,24-25,42H,1,11-16H2,2-5H3,(H2,36,37,38)/t17-,18+,22-,24+,25+,29-,30+,31+/m1/s1. The van der Waals surface area contributed by atoms with Crippen LogP contribution in [0.5, 0.6) is 0 Å². The van der Waals surface area contributed by atoms with Crippen molar-refractivity contribution in [2.45, 2.75) is 83.3 Å². The topological polar surface area (TPSA) is 137 Å². The Kier molecular flexibility index (Phi) is 8.52. The number of thioether (sulfide) groups is 1. The minimum Gasteiger partial charge on any atom is -0.461 e. The maximum absolute atomic E-state index is 13.6. The molecule has 0 amide bonds. The zero-order valence-corrected chi connectivity index (χ0v) is 26.6. The summed E-state index contributed by atoms with van der Waals surface area (Å²) in [6.07, 6.45) is -1.55. The number of ketones is 1. The van der Waals surface area contributed by atoms with Crippen LogP contribution in [0.1, 0.15) is 75.7 Å². The first-order valence-corrected chi connectivity index (χ1v) is 16.1. The van der Waals surface area contributed by atoms with Gasteiger partial charge in [-0.3, -0.25) is 14.4 Å². The van der Waals surface area contributed by atoms with E-state index in [0.717, 1.165) is 36.7 Å². The quantitative estimate of drug-likeness (QED) is 0.234. The van der Waals surface area contributed by atoms with Gasteiger partial charge in [-0.2, -0.15) is 22.8 Å². The van der Waals surface area contributed by atoms with Gasteiger partial charge in [0.2, 0.25) is 11.1 Å². The summed E-state index contributed by atoms with van der Waals surface area (Å²) in [6, 6.07) is 4.28. The van der Waals surface area contributed by atoms with Crippen molar-refractivity contribution < 1.29 is 37.4 Å². The van der Waals surface area contributed by atoms with Gasteiger partial charge in [0.15, 0.2) is 0 Å². The molecule has 3 N–H and O–H groups in total. The second-order valence-electron chi connectivity index (χ2n) is 13.4. The number of alkyl halides is 3. The van der Waals surface area contributed by atoms with Gasteiger partial charge in [-0.1, -0.05) is 57.7 Å². The molecular formula is C32H39F3N4O5S. The molecule has 1 heterocycles. The van der Waals surface area contributed by atoms with Crippen molar-refractivity contribution in [1.82, 2.24) is 14.8 Å². The lowest BCUT2D eigenvalue weighted by Crippen LogP contribution is -2.63. The molecule has 0 radical (unpaired) electrons. The van der Waals surface area contributed by atoms with Crippen molar-refractivity contribution in [1.29, 1.82) is 0 Å². The molecule has 3 aliphatic carbocycles. The summed E-state index contributed by atoms with van der Waals surface area (Å²) in [5.74, 6) is -2.79. The van der Waals surface area contributed by atoms with Crippen molar-refractivity contribution in [2.75, 3.05) is 11.5 Å². The smallest absolute Gasteiger partial charge is 0.417 e. The molecule has 0 spiro atoms.